The van der Waals surface area contributed by atoms with E-state index in [4.69, 9.17) is 0 Å². The van der Waals surface area contributed by atoms with Gasteiger partial charge in [-0.2, -0.15) is 0 Å². The molecule has 4 aliphatic carbocycles. The van der Waals surface area contributed by atoms with Crippen LogP contribution in [0.1, 0.15) is 65.2 Å². The molecule has 0 aromatic rings. The van der Waals surface area contributed by atoms with Gasteiger partial charge in [0.2, 0.25) is 0 Å². The topological polar surface area (TPSA) is 20.2 Å². The maximum Gasteiger partial charge on any atom is 0.0551 e. The molecule has 4 rings (SSSR count). The van der Waals surface area contributed by atoms with Crippen LogP contribution in [0.4, 0.5) is 0 Å². The number of fused-ring (bicyclic) bond motifs is 5. The highest BCUT2D eigenvalue weighted by Gasteiger charge is 2.58. The lowest BCUT2D eigenvalue weighted by molar-refractivity contribution is -0.0522. The summed E-state index contributed by atoms with van der Waals surface area (Å²) in [5.41, 5.74) is 2.47. The summed E-state index contributed by atoms with van der Waals surface area (Å²) < 4.78 is 0. The number of hydrogen-bond acceptors (Lipinski definition) is 1. The Hall–Kier alpha value is -0.560. The predicted octanol–water partition coefficient (Wildman–Crippen LogP) is 5.11. The van der Waals surface area contributed by atoms with E-state index in [-0.39, 0.29) is 11.5 Å². The number of allylic oxidation sites excluding steroid dienone is 3. The van der Waals surface area contributed by atoms with Crippen molar-refractivity contribution in [2.24, 2.45) is 34.5 Å². The summed E-state index contributed by atoms with van der Waals surface area (Å²) in [5.74, 6) is 3.27. The molecular weight excluding hydrogens is 268 g/mol. The van der Waals surface area contributed by atoms with E-state index in [9.17, 15) is 5.11 Å². The number of aliphatic hydroxyl groups is 1. The minimum Gasteiger partial charge on any atom is -0.393 e. The van der Waals surface area contributed by atoms with E-state index >= 15 is 0 Å². The van der Waals surface area contributed by atoms with Crippen LogP contribution in [0.5, 0.6) is 0 Å². The highest BCUT2D eigenvalue weighted by Crippen LogP contribution is 2.66. The Morgan fingerprint density at radius 2 is 2.00 bits per heavy atom. The Bertz CT molecular complexity index is 506. The molecule has 0 saturated heterocycles. The number of aliphatic hydroxyl groups excluding tert-OH is 1. The lowest BCUT2D eigenvalue weighted by atomic mass is 9.47. The highest BCUT2D eigenvalue weighted by atomic mass is 16.3. The average Bonchev–Trinajstić information content (AvgIpc) is 2.82. The summed E-state index contributed by atoms with van der Waals surface area (Å²) in [6.07, 6.45) is 14.7. The molecule has 0 spiro atoms. The van der Waals surface area contributed by atoms with Gasteiger partial charge in [-0.3, -0.25) is 0 Å². The van der Waals surface area contributed by atoms with E-state index in [1.807, 2.05) is 0 Å². The monoisotopic (exact) mass is 300 g/mol. The third-order valence-electron chi connectivity index (χ3n) is 8.39. The first kappa shape index (κ1) is 15.0. The molecule has 0 radical (unpaired) electrons. The van der Waals surface area contributed by atoms with Crippen LogP contribution >= 0.6 is 0 Å². The van der Waals surface area contributed by atoms with Crippen LogP contribution in [0.15, 0.2) is 24.3 Å². The van der Waals surface area contributed by atoms with Crippen LogP contribution in [0.3, 0.4) is 0 Å². The van der Waals surface area contributed by atoms with Gasteiger partial charge in [0.05, 0.1) is 6.10 Å². The van der Waals surface area contributed by atoms with Crippen molar-refractivity contribution in [1.82, 2.24) is 0 Å². The molecule has 2 unspecified atom stereocenters. The molecular formula is C21H32O. The zero-order valence-corrected chi connectivity index (χ0v) is 14.4. The predicted molar refractivity (Wildman–Crippen MR) is 91.4 cm³/mol. The van der Waals surface area contributed by atoms with E-state index in [1.54, 1.807) is 5.57 Å². The van der Waals surface area contributed by atoms with E-state index in [2.05, 4.69) is 32.6 Å². The molecule has 0 aliphatic heterocycles. The Labute approximate surface area is 135 Å². The minimum absolute atomic E-state index is 0.0706. The first-order valence-electron chi connectivity index (χ1n) is 9.49. The van der Waals surface area contributed by atoms with Crippen LogP contribution in [0, 0.1) is 34.5 Å². The van der Waals surface area contributed by atoms with Crippen LogP contribution in [0.2, 0.25) is 0 Å². The molecule has 3 fully saturated rings. The molecule has 1 heteroatoms. The van der Waals surface area contributed by atoms with E-state index in [1.165, 1.54) is 32.1 Å². The fourth-order valence-corrected chi connectivity index (χ4v) is 7.17. The average molecular weight is 300 g/mol. The number of hydrogen-bond donors (Lipinski definition) is 1. The first-order valence-corrected chi connectivity index (χ1v) is 9.49. The summed E-state index contributed by atoms with van der Waals surface area (Å²) in [5, 5.41) is 10.3. The summed E-state index contributed by atoms with van der Waals surface area (Å²) >= 11 is 0. The maximum absolute atomic E-state index is 10.3. The molecule has 0 heterocycles. The molecule has 0 amide bonds. The van der Waals surface area contributed by atoms with Gasteiger partial charge in [-0.05, 0) is 85.9 Å². The lowest BCUT2D eigenvalue weighted by Gasteiger charge is -2.58. The van der Waals surface area contributed by atoms with Gasteiger partial charge in [0.25, 0.3) is 0 Å². The zero-order valence-electron chi connectivity index (χ0n) is 14.4. The molecule has 0 bridgehead atoms. The lowest BCUT2D eigenvalue weighted by Crippen LogP contribution is -2.50. The van der Waals surface area contributed by atoms with E-state index < -0.39 is 0 Å². The van der Waals surface area contributed by atoms with E-state index in [0.717, 1.165) is 42.9 Å². The van der Waals surface area contributed by atoms with Crippen molar-refractivity contribution < 1.29 is 5.11 Å². The Kier molecular flexibility index (Phi) is 3.39. The van der Waals surface area contributed by atoms with Crippen LogP contribution in [-0.4, -0.2) is 11.2 Å². The summed E-state index contributed by atoms with van der Waals surface area (Å²) in [4.78, 5) is 0. The van der Waals surface area contributed by atoms with Crippen molar-refractivity contribution in [2.45, 2.75) is 71.3 Å². The maximum atomic E-state index is 10.3. The molecule has 0 aromatic heterocycles. The Morgan fingerprint density at radius 1 is 1.18 bits per heavy atom. The minimum atomic E-state index is -0.0706. The van der Waals surface area contributed by atoms with Crippen LogP contribution in [-0.2, 0) is 0 Å². The summed E-state index contributed by atoms with van der Waals surface area (Å²) in [7, 11) is 0. The highest BCUT2D eigenvalue weighted by molar-refractivity contribution is 5.25. The molecule has 122 valence electrons. The van der Waals surface area contributed by atoms with Crippen molar-refractivity contribution in [3.63, 3.8) is 0 Å². The van der Waals surface area contributed by atoms with Crippen molar-refractivity contribution in [3.05, 3.63) is 24.3 Å². The standard InChI is InChI=1S/C21H32O/c1-4-14-7-10-18-17-9-6-15-5-8-16(22)13-21(15,3)19(17)11-12-20(14,18)2/h4,6,14,16-19,22H,1,5,7-13H2,2-3H3/t14?,16?,17-,18-,19+,20+,21-/m0/s1. The zero-order chi connectivity index (χ0) is 15.5. The molecule has 1 N–H and O–H groups in total. The van der Waals surface area contributed by atoms with Gasteiger partial charge in [-0.25, -0.2) is 0 Å². The SMILES string of the molecule is C=CC1CC[C@H]2[C@@H]3CC=C4CCC(O)C[C@]4(C)[C@@H]3CC[C@]12C. The third kappa shape index (κ3) is 1.87. The Morgan fingerprint density at radius 3 is 2.77 bits per heavy atom. The van der Waals surface area contributed by atoms with Crippen molar-refractivity contribution in [1.29, 1.82) is 0 Å². The quantitative estimate of drug-likeness (QED) is 0.667. The van der Waals surface area contributed by atoms with Gasteiger partial charge in [0.15, 0.2) is 0 Å². The second-order valence-corrected chi connectivity index (χ2v) is 9.12. The smallest absolute Gasteiger partial charge is 0.0551 e. The Balaban J connectivity index is 1.68. The molecule has 0 aromatic carbocycles. The first-order chi connectivity index (χ1) is 10.5. The second-order valence-electron chi connectivity index (χ2n) is 9.12. The number of rotatable bonds is 1. The van der Waals surface area contributed by atoms with Gasteiger partial charge in [0, 0.05) is 0 Å². The summed E-state index contributed by atoms with van der Waals surface area (Å²) in [6, 6.07) is 0. The summed E-state index contributed by atoms with van der Waals surface area (Å²) in [6.45, 7) is 9.15. The van der Waals surface area contributed by atoms with Gasteiger partial charge < -0.3 is 5.11 Å². The van der Waals surface area contributed by atoms with E-state index in [0.29, 0.717) is 5.41 Å². The molecule has 3 saturated carbocycles. The molecule has 4 aliphatic rings. The van der Waals surface area contributed by atoms with Crippen molar-refractivity contribution in [2.75, 3.05) is 0 Å². The normalized spacial score (nSPS) is 54.0. The van der Waals surface area contributed by atoms with Crippen molar-refractivity contribution >= 4 is 0 Å². The van der Waals surface area contributed by atoms with Gasteiger partial charge in [0.1, 0.15) is 0 Å². The van der Waals surface area contributed by atoms with Crippen molar-refractivity contribution in [3.8, 4) is 0 Å². The van der Waals surface area contributed by atoms with Gasteiger partial charge >= 0.3 is 0 Å². The largest absolute Gasteiger partial charge is 0.393 e. The van der Waals surface area contributed by atoms with Crippen LogP contribution < -0.4 is 0 Å². The molecule has 22 heavy (non-hydrogen) atoms. The van der Waals surface area contributed by atoms with Gasteiger partial charge in [-0.15, -0.1) is 6.58 Å². The van der Waals surface area contributed by atoms with Gasteiger partial charge in [-0.1, -0.05) is 31.6 Å². The molecule has 7 atom stereocenters. The fraction of sp³-hybridized carbons (Fsp3) is 0.810. The fourth-order valence-electron chi connectivity index (χ4n) is 7.17. The van der Waals surface area contributed by atoms with Crippen LogP contribution in [0.25, 0.3) is 0 Å². The molecule has 1 nitrogen and oxygen atoms in total. The third-order valence-corrected chi connectivity index (χ3v) is 8.39. The second kappa shape index (κ2) is 4.97.